The Hall–Kier alpha value is -1.92. The molecule has 2 amide bonds. The smallest absolute Gasteiger partial charge is 0.243 e. The van der Waals surface area contributed by atoms with Crippen LogP contribution in [0.25, 0.3) is 0 Å². The number of nitrogens with one attached hydrogen (secondary N) is 2. The fourth-order valence-corrected chi connectivity index (χ4v) is 2.76. The second-order valence-electron chi connectivity index (χ2n) is 6.26. The van der Waals surface area contributed by atoms with Crippen molar-refractivity contribution in [2.45, 2.75) is 39.3 Å². The normalized spacial score (nSPS) is 21.3. The number of hydrogen-bond donors (Lipinski definition) is 2. The first-order valence-electron chi connectivity index (χ1n) is 8.49. The molecule has 0 saturated carbocycles. The van der Waals surface area contributed by atoms with Gasteiger partial charge < -0.3 is 15.4 Å². The minimum absolute atomic E-state index is 0.0227. The third-order valence-corrected chi connectivity index (χ3v) is 4.20. The Kier molecular flexibility index (Phi) is 6.75. The largest absolute Gasteiger partial charge is 0.376 e. The van der Waals surface area contributed by atoms with Gasteiger partial charge in [0.15, 0.2) is 0 Å². The molecule has 2 N–H and O–H groups in total. The molecular weight excluding hydrogens is 306 g/mol. The molecule has 2 rings (SSSR count). The third kappa shape index (κ3) is 5.32. The maximum atomic E-state index is 12.1. The van der Waals surface area contributed by atoms with E-state index in [-0.39, 0.29) is 37.0 Å². The van der Waals surface area contributed by atoms with Crippen LogP contribution in [0.15, 0.2) is 24.3 Å². The van der Waals surface area contributed by atoms with Crippen molar-refractivity contribution in [2.24, 2.45) is 0 Å². The highest BCUT2D eigenvalue weighted by Gasteiger charge is 2.25. The van der Waals surface area contributed by atoms with E-state index in [2.05, 4.69) is 15.5 Å². The monoisotopic (exact) mass is 333 g/mol. The van der Waals surface area contributed by atoms with Gasteiger partial charge in [0.2, 0.25) is 11.8 Å². The molecule has 132 valence electrons. The van der Waals surface area contributed by atoms with Crippen molar-refractivity contribution in [1.29, 1.82) is 0 Å². The molecule has 0 aromatic heterocycles. The molecule has 0 radical (unpaired) electrons. The number of benzene rings is 1. The van der Waals surface area contributed by atoms with Crippen molar-refractivity contribution < 1.29 is 14.3 Å². The Balaban J connectivity index is 1.78. The summed E-state index contributed by atoms with van der Waals surface area (Å²) in [6.07, 6.45) is 0.971. The summed E-state index contributed by atoms with van der Waals surface area (Å²) in [5.41, 5.74) is 1.88. The van der Waals surface area contributed by atoms with E-state index in [0.717, 1.165) is 24.2 Å². The lowest BCUT2D eigenvalue weighted by Crippen LogP contribution is -2.51. The zero-order valence-corrected chi connectivity index (χ0v) is 14.7. The zero-order chi connectivity index (χ0) is 17.5. The van der Waals surface area contributed by atoms with Crippen molar-refractivity contribution >= 4 is 17.5 Å². The van der Waals surface area contributed by atoms with E-state index >= 15 is 0 Å². The minimum Gasteiger partial charge on any atom is -0.376 e. The number of morpholine rings is 1. The summed E-state index contributed by atoms with van der Waals surface area (Å²) < 4.78 is 5.55. The molecule has 1 aromatic rings. The Morgan fingerprint density at radius 3 is 2.75 bits per heavy atom. The van der Waals surface area contributed by atoms with Crippen LogP contribution in [0.1, 0.15) is 26.3 Å². The summed E-state index contributed by atoms with van der Waals surface area (Å²) in [7, 11) is 0. The lowest BCUT2D eigenvalue weighted by atomic mass is 10.1. The molecule has 0 spiro atoms. The van der Waals surface area contributed by atoms with Crippen molar-refractivity contribution in [2.75, 3.05) is 31.6 Å². The van der Waals surface area contributed by atoms with Gasteiger partial charge in [-0.2, -0.15) is 0 Å². The Morgan fingerprint density at radius 1 is 1.25 bits per heavy atom. The number of hydrogen-bond acceptors (Lipinski definition) is 4. The van der Waals surface area contributed by atoms with Crippen molar-refractivity contribution in [1.82, 2.24) is 10.2 Å². The Morgan fingerprint density at radius 2 is 2.00 bits per heavy atom. The zero-order valence-electron chi connectivity index (χ0n) is 14.7. The summed E-state index contributed by atoms with van der Waals surface area (Å²) in [6.45, 7) is 7.69. The number of nitrogens with zero attached hydrogens (tertiary/aromatic N) is 1. The van der Waals surface area contributed by atoms with E-state index in [1.807, 2.05) is 45.0 Å². The van der Waals surface area contributed by atoms with Crippen LogP contribution < -0.4 is 10.6 Å². The van der Waals surface area contributed by atoms with Gasteiger partial charge in [-0.3, -0.25) is 14.5 Å². The lowest BCUT2D eigenvalue weighted by Gasteiger charge is -2.36. The first-order chi connectivity index (χ1) is 11.5. The minimum atomic E-state index is -0.215. The van der Waals surface area contributed by atoms with Crippen LogP contribution in [0.3, 0.4) is 0 Å². The number of aryl methyl sites for hydroxylation is 1. The van der Waals surface area contributed by atoms with Crippen LogP contribution in [0.4, 0.5) is 5.69 Å². The summed E-state index contributed by atoms with van der Waals surface area (Å²) in [5, 5.41) is 5.54. The summed E-state index contributed by atoms with van der Waals surface area (Å²) in [6, 6.07) is 7.89. The molecule has 1 aliphatic rings. The molecule has 24 heavy (non-hydrogen) atoms. The molecule has 1 saturated heterocycles. The van der Waals surface area contributed by atoms with Crippen molar-refractivity contribution in [3.8, 4) is 0 Å². The lowest BCUT2D eigenvalue weighted by molar-refractivity contribution is -0.128. The maximum absolute atomic E-state index is 12.1. The predicted octanol–water partition coefficient (Wildman–Crippen LogP) is 1.41. The Bertz CT molecular complexity index is 576. The van der Waals surface area contributed by atoms with Crippen LogP contribution in [0, 0.1) is 0 Å². The molecule has 0 unspecified atom stereocenters. The van der Waals surface area contributed by atoms with Crippen molar-refractivity contribution in [3.63, 3.8) is 0 Å². The number of carbonyl (C=O) groups is 2. The van der Waals surface area contributed by atoms with Crippen LogP contribution in [-0.4, -0.2) is 55.1 Å². The van der Waals surface area contributed by atoms with Gasteiger partial charge in [0.05, 0.1) is 25.8 Å². The number of amides is 2. The molecule has 6 heteroatoms. The fourth-order valence-electron chi connectivity index (χ4n) is 2.76. The second kappa shape index (κ2) is 8.80. The van der Waals surface area contributed by atoms with Gasteiger partial charge in [0.1, 0.15) is 0 Å². The van der Waals surface area contributed by atoms with Crippen LogP contribution >= 0.6 is 0 Å². The molecule has 2 atom stereocenters. The van der Waals surface area contributed by atoms with Gasteiger partial charge >= 0.3 is 0 Å². The van der Waals surface area contributed by atoms with Gasteiger partial charge in [-0.15, -0.1) is 0 Å². The van der Waals surface area contributed by atoms with Gasteiger partial charge in [0.25, 0.3) is 0 Å². The number of carbonyl (C=O) groups excluding carboxylic acids is 2. The standard InChI is InChI=1S/C18H27N3O3/c1-4-15-7-5-6-8-16(15)20-17(22)9-19-18(23)11-21-10-14(3)24-12-13(21)2/h5-8,13-14H,4,9-12H2,1-3H3,(H,19,23)(H,20,22)/t13-,14-/m0/s1. The average Bonchev–Trinajstić information content (AvgIpc) is 2.57. The van der Waals surface area contributed by atoms with E-state index < -0.39 is 0 Å². The first-order valence-corrected chi connectivity index (χ1v) is 8.49. The highest BCUT2D eigenvalue weighted by Crippen LogP contribution is 2.15. The molecular formula is C18H27N3O3. The Labute approximate surface area is 143 Å². The van der Waals surface area contributed by atoms with E-state index in [1.54, 1.807) is 0 Å². The average molecular weight is 333 g/mol. The van der Waals surface area contributed by atoms with Gasteiger partial charge in [0, 0.05) is 18.3 Å². The van der Waals surface area contributed by atoms with E-state index in [4.69, 9.17) is 4.74 Å². The molecule has 1 aliphatic heterocycles. The first kappa shape index (κ1) is 18.4. The number of rotatable bonds is 6. The highest BCUT2D eigenvalue weighted by atomic mass is 16.5. The van der Waals surface area contributed by atoms with Gasteiger partial charge in [-0.25, -0.2) is 0 Å². The van der Waals surface area contributed by atoms with E-state index in [1.165, 1.54) is 0 Å². The fraction of sp³-hybridized carbons (Fsp3) is 0.556. The van der Waals surface area contributed by atoms with Gasteiger partial charge in [-0.1, -0.05) is 25.1 Å². The maximum Gasteiger partial charge on any atom is 0.243 e. The van der Waals surface area contributed by atoms with E-state index in [9.17, 15) is 9.59 Å². The van der Waals surface area contributed by atoms with Gasteiger partial charge in [-0.05, 0) is 31.9 Å². The van der Waals surface area contributed by atoms with Crippen LogP contribution in [0.5, 0.6) is 0 Å². The molecule has 1 heterocycles. The topological polar surface area (TPSA) is 70.7 Å². The third-order valence-electron chi connectivity index (χ3n) is 4.20. The van der Waals surface area contributed by atoms with Crippen molar-refractivity contribution in [3.05, 3.63) is 29.8 Å². The van der Waals surface area contributed by atoms with Crippen LogP contribution in [-0.2, 0) is 20.7 Å². The molecule has 0 bridgehead atoms. The molecule has 1 fully saturated rings. The molecule has 1 aromatic carbocycles. The number of anilines is 1. The second-order valence-corrected chi connectivity index (χ2v) is 6.26. The predicted molar refractivity (Wildman–Crippen MR) is 93.9 cm³/mol. The number of ether oxygens (including phenoxy) is 1. The summed E-state index contributed by atoms with van der Waals surface area (Å²) >= 11 is 0. The van der Waals surface area contributed by atoms with Crippen LogP contribution in [0.2, 0.25) is 0 Å². The SMILES string of the molecule is CCc1ccccc1NC(=O)CNC(=O)CN1C[C@H](C)OC[C@@H]1C. The molecule has 0 aliphatic carbocycles. The summed E-state index contributed by atoms with van der Waals surface area (Å²) in [5.74, 6) is -0.359. The summed E-state index contributed by atoms with van der Waals surface area (Å²) in [4.78, 5) is 26.2. The highest BCUT2D eigenvalue weighted by molar-refractivity contribution is 5.95. The van der Waals surface area contributed by atoms with E-state index in [0.29, 0.717) is 6.61 Å². The quantitative estimate of drug-likeness (QED) is 0.826. The molecule has 6 nitrogen and oxygen atoms in total. The number of para-hydroxylation sites is 1.